The summed E-state index contributed by atoms with van der Waals surface area (Å²) in [5, 5.41) is 7.23. The number of benzene rings is 2. The first-order chi connectivity index (χ1) is 29.1. The van der Waals surface area contributed by atoms with Crippen LogP contribution >= 0.6 is 22.7 Å². The number of thiophene rings is 2. The number of nitrogens with zero attached hydrogens (tertiary/aromatic N) is 1. The molecule has 0 atom stereocenters. The summed E-state index contributed by atoms with van der Waals surface area (Å²) in [6, 6.07) is 11.5. The molecule has 1 N–H and O–H groups in total. The van der Waals surface area contributed by atoms with E-state index in [1.54, 1.807) is 47.8 Å². The van der Waals surface area contributed by atoms with Gasteiger partial charge < -0.3 is 0 Å². The summed E-state index contributed by atoms with van der Waals surface area (Å²) < 4.78 is 4.68. The standard InChI is InChI=1S/C49H62N2S2.C2H5.3CH3.2Sn/c1-31-27-40-47(53-31)42-32(30-50-2)28-37-38(44(42)49(40,35-21-13-7-14-22-35)36-23-15-8-16-24-36)29-41(51(3)4)43-45(37)48(33-17-9-5-10-18-33,34-19-11-6-12-20-34)39-25-26-52-46(39)43;1-2;;;;;/h25,27-29,33-36,50H,1,5-24,30H2,2-4H3;1H2,2H3;3*1H3;;. The van der Waals surface area contributed by atoms with Gasteiger partial charge in [-0.25, -0.2) is 0 Å². The Morgan fingerprint density at radius 2 is 1.10 bits per heavy atom. The molecule has 4 fully saturated rings. The Balaban J connectivity index is 1.38. The Bertz CT molecular complexity index is 2160. The second-order valence-corrected chi connectivity index (χ2v) is 43.9. The molecule has 4 saturated carbocycles. The average Bonchev–Trinajstić information content (AvgIpc) is 4.03. The van der Waals surface area contributed by atoms with Gasteiger partial charge in [-0.3, -0.25) is 0 Å². The van der Waals surface area contributed by atoms with Crippen LogP contribution in [-0.4, -0.2) is 60.7 Å². The Morgan fingerprint density at radius 1 is 0.633 bits per heavy atom. The molecular weight excluding hydrogens is 978 g/mol. The quantitative estimate of drug-likeness (QED) is 0.151. The van der Waals surface area contributed by atoms with Crippen molar-refractivity contribution in [2.24, 2.45) is 23.7 Å². The average molecular weight is 1050 g/mol. The van der Waals surface area contributed by atoms with Gasteiger partial charge in [-0.2, -0.15) is 0 Å². The zero-order chi connectivity index (χ0) is 41.4. The molecule has 6 aliphatic rings. The molecule has 0 aliphatic heterocycles. The first kappa shape index (κ1) is 43.4. The molecule has 6 heteroatoms. The molecule has 60 heavy (non-hydrogen) atoms. The molecule has 10 rings (SSSR count). The number of fused-ring (bicyclic) bond motifs is 9. The predicted molar refractivity (Wildman–Crippen MR) is 268 cm³/mol. The Labute approximate surface area is 387 Å². The molecule has 0 saturated heterocycles. The van der Waals surface area contributed by atoms with Crippen molar-refractivity contribution in [3.05, 3.63) is 57.0 Å². The van der Waals surface area contributed by atoms with Crippen molar-refractivity contribution in [2.75, 3.05) is 26.0 Å². The van der Waals surface area contributed by atoms with E-state index in [9.17, 15) is 0 Å². The number of anilines is 1. The van der Waals surface area contributed by atoms with E-state index in [4.69, 9.17) is 0 Å². The summed E-state index contributed by atoms with van der Waals surface area (Å²) >= 11 is 1.79. The summed E-state index contributed by atoms with van der Waals surface area (Å²) in [6.45, 7) is 3.43. The van der Waals surface area contributed by atoms with E-state index in [0.717, 1.165) is 30.2 Å². The van der Waals surface area contributed by atoms with Crippen LogP contribution in [0, 0.1) is 23.7 Å². The van der Waals surface area contributed by atoms with Gasteiger partial charge in [-0.05, 0) is 0 Å². The Kier molecular flexibility index (Phi) is 12.5. The molecule has 0 amide bonds. The molecule has 322 valence electrons. The Morgan fingerprint density at radius 3 is 1.57 bits per heavy atom. The van der Waals surface area contributed by atoms with Crippen LogP contribution in [0.1, 0.15) is 168 Å². The second kappa shape index (κ2) is 17.4. The molecule has 0 bridgehead atoms. The molecule has 0 spiro atoms. The SMILES string of the molecule is C[CH2][Sn][CH2]c1cc2c(s1)-c1c(CNC)cc3c4c(c(N(C)C)cc3c1C2(C1CCCCC1)C1CCCCC1)-c1s[c]([Sn]([CH3])([CH3])[CH3])cc1C4(C1CCCCC1)C1CCCCC1. The third-order valence-corrected chi connectivity index (χ3v) is 33.0. The van der Waals surface area contributed by atoms with Gasteiger partial charge in [0.05, 0.1) is 0 Å². The van der Waals surface area contributed by atoms with Crippen molar-refractivity contribution in [2.45, 2.75) is 176 Å². The molecule has 6 aliphatic carbocycles. The summed E-state index contributed by atoms with van der Waals surface area (Å²) in [5.41, 5.74) is 14.2. The molecular formula is C54H76N2S2Sn2. The molecule has 2 radical (unpaired) electrons. The van der Waals surface area contributed by atoms with Crippen LogP contribution in [0.4, 0.5) is 5.69 Å². The topological polar surface area (TPSA) is 15.3 Å². The van der Waals surface area contributed by atoms with Gasteiger partial charge in [0.2, 0.25) is 0 Å². The van der Waals surface area contributed by atoms with Gasteiger partial charge in [-0.1, -0.05) is 0 Å². The fourth-order valence-corrected chi connectivity index (χ4v) is 25.7. The van der Waals surface area contributed by atoms with E-state index in [1.165, 1.54) is 137 Å². The van der Waals surface area contributed by atoms with Crippen LogP contribution in [0.3, 0.4) is 0 Å². The van der Waals surface area contributed by atoms with Crippen molar-refractivity contribution in [1.29, 1.82) is 0 Å². The maximum absolute atomic E-state index is 3.83. The van der Waals surface area contributed by atoms with E-state index in [-0.39, 0.29) is 32.0 Å². The predicted octanol–water partition coefficient (Wildman–Crippen LogP) is 14.8. The van der Waals surface area contributed by atoms with Crippen LogP contribution in [0.25, 0.3) is 31.7 Å². The second-order valence-electron chi connectivity index (χ2n) is 21.9. The molecule has 2 nitrogen and oxygen atoms in total. The zero-order valence-corrected chi connectivity index (χ0v) is 46.0. The normalized spacial score (nSPS) is 22.2. The monoisotopic (exact) mass is 1060 g/mol. The first-order valence-electron chi connectivity index (χ1n) is 25.1. The first-order valence-corrected chi connectivity index (χ1v) is 40.8. The number of nitrogens with one attached hydrogen (secondary N) is 1. The van der Waals surface area contributed by atoms with Crippen LogP contribution in [-0.2, 0) is 21.8 Å². The number of hydrogen-bond acceptors (Lipinski definition) is 4. The van der Waals surface area contributed by atoms with Crippen LogP contribution in [0.2, 0.25) is 19.3 Å². The number of rotatable bonds is 11. The van der Waals surface area contributed by atoms with Gasteiger partial charge >= 0.3 is 391 Å². The van der Waals surface area contributed by atoms with Gasteiger partial charge in [0.15, 0.2) is 0 Å². The zero-order valence-electron chi connectivity index (χ0n) is 38.6. The van der Waals surface area contributed by atoms with Gasteiger partial charge in [0.25, 0.3) is 0 Å². The Hall–Kier alpha value is -0.543. The van der Waals surface area contributed by atoms with E-state index in [1.807, 2.05) is 25.1 Å². The fraction of sp³-hybridized carbons (Fsp3) is 0.667. The van der Waals surface area contributed by atoms with Crippen LogP contribution in [0.15, 0.2) is 24.3 Å². The summed E-state index contributed by atoms with van der Waals surface area (Å²) in [4.78, 5) is 15.8. The third-order valence-electron chi connectivity index (χ3n) is 17.3. The molecule has 2 heterocycles. The van der Waals surface area contributed by atoms with E-state index in [0.29, 0.717) is 0 Å². The van der Waals surface area contributed by atoms with Crippen LogP contribution < -0.4 is 13.1 Å². The van der Waals surface area contributed by atoms with Crippen molar-refractivity contribution < 1.29 is 0 Å². The van der Waals surface area contributed by atoms with Crippen molar-refractivity contribution in [3.8, 4) is 20.9 Å². The van der Waals surface area contributed by atoms with E-state index in [2.05, 4.69) is 100 Å². The summed E-state index contributed by atoms with van der Waals surface area (Å²) in [7, 11) is 7.06. The molecule has 2 aromatic carbocycles. The maximum atomic E-state index is 3.83. The van der Waals surface area contributed by atoms with Crippen LogP contribution in [0.5, 0.6) is 0 Å². The van der Waals surface area contributed by atoms with Gasteiger partial charge in [-0.15, -0.1) is 0 Å². The van der Waals surface area contributed by atoms with E-state index >= 15 is 0 Å². The molecule has 0 unspecified atom stereocenters. The minimum atomic E-state index is -2.40. The fourth-order valence-electron chi connectivity index (χ4n) is 15.0. The summed E-state index contributed by atoms with van der Waals surface area (Å²) in [6.07, 6.45) is 28.4. The third kappa shape index (κ3) is 6.77. The van der Waals surface area contributed by atoms with Gasteiger partial charge in [0, 0.05) is 0 Å². The van der Waals surface area contributed by atoms with E-state index < -0.39 is 18.4 Å². The van der Waals surface area contributed by atoms with Gasteiger partial charge in [0.1, 0.15) is 0 Å². The van der Waals surface area contributed by atoms with Crippen molar-refractivity contribution in [1.82, 2.24) is 5.32 Å². The van der Waals surface area contributed by atoms with Crippen molar-refractivity contribution in [3.63, 3.8) is 0 Å². The van der Waals surface area contributed by atoms with Crippen molar-refractivity contribution >= 4 is 81.5 Å². The molecule has 2 aromatic heterocycles. The summed E-state index contributed by atoms with van der Waals surface area (Å²) in [5.74, 6) is 2.97. The molecule has 4 aromatic rings. The number of hydrogen-bond donors (Lipinski definition) is 1. The minimum absolute atomic E-state index is 0.119.